The third kappa shape index (κ3) is 2.47. The summed E-state index contributed by atoms with van der Waals surface area (Å²) in [6, 6.07) is 8.73. The quantitative estimate of drug-likeness (QED) is 0.792. The zero-order valence-corrected chi connectivity index (χ0v) is 11.5. The third-order valence-electron chi connectivity index (χ3n) is 3.43. The van der Waals surface area contributed by atoms with Gasteiger partial charge in [-0.1, -0.05) is 18.2 Å². The molecule has 0 saturated heterocycles. The molecule has 3 rings (SSSR count). The van der Waals surface area contributed by atoms with Crippen LogP contribution in [-0.2, 0) is 13.0 Å². The zero-order valence-electron chi connectivity index (χ0n) is 11.5. The second-order valence-corrected chi connectivity index (χ2v) is 4.72. The number of rotatable bonds is 4. The number of nitrogens with zero attached hydrogens (tertiary/aromatic N) is 4. The van der Waals surface area contributed by atoms with Gasteiger partial charge in [0.2, 0.25) is 0 Å². The summed E-state index contributed by atoms with van der Waals surface area (Å²) in [5.74, 6) is -0.961. The zero-order chi connectivity index (χ0) is 14.8. The number of aromatic carboxylic acids is 1. The predicted molar refractivity (Wildman–Crippen MR) is 77.2 cm³/mol. The molecule has 0 aliphatic heterocycles. The van der Waals surface area contributed by atoms with E-state index in [1.165, 1.54) is 6.07 Å². The van der Waals surface area contributed by atoms with Crippen molar-refractivity contribution >= 4 is 17.0 Å². The highest BCUT2D eigenvalue weighted by molar-refractivity contribution is 5.92. The summed E-state index contributed by atoms with van der Waals surface area (Å²) in [5.41, 5.74) is 3.67. The SMILES string of the molecule is CCc1cccnc1Cn1nnc2ccc(C(=O)O)cc21. The second-order valence-electron chi connectivity index (χ2n) is 4.72. The van der Waals surface area contributed by atoms with Crippen LogP contribution in [0.1, 0.15) is 28.5 Å². The molecule has 1 N–H and O–H groups in total. The van der Waals surface area contributed by atoms with Crippen molar-refractivity contribution in [2.24, 2.45) is 0 Å². The molecule has 0 aliphatic rings. The lowest BCUT2D eigenvalue weighted by Gasteiger charge is -2.07. The largest absolute Gasteiger partial charge is 0.478 e. The van der Waals surface area contributed by atoms with Crippen LogP contribution in [0.4, 0.5) is 0 Å². The van der Waals surface area contributed by atoms with Gasteiger partial charge in [0.15, 0.2) is 0 Å². The maximum absolute atomic E-state index is 11.1. The first kappa shape index (κ1) is 13.2. The number of aromatic nitrogens is 4. The Morgan fingerprint density at radius 3 is 2.95 bits per heavy atom. The van der Waals surface area contributed by atoms with Gasteiger partial charge < -0.3 is 5.11 Å². The van der Waals surface area contributed by atoms with Crippen LogP contribution in [-0.4, -0.2) is 31.1 Å². The number of hydrogen-bond donors (Lipinski definition) is 1. The molecule has 3 aromatic rings. The van der Waals surface area contributed by atoms with Gasteiger partial charge in [0, 0.05) is 6.20 Å². The van der Waals surface area contributed by atoms with E-state index in [0.717, 1.165) is 17.7 Å². The molecule has 0 spiro atoms. The molecular weight excluding hydrogens is 268 g/mol. The Bertz CT molecular complexity index is 810. The summed E-state index contributed by atoms with van der Waals surface area (Å²) >= 11 is 0. The molecule has 21 heavy (non-hydrogen) atoms. The number of carboxylic acid groups (broad SMARTS) is 1. The fourth-order valence-electron chi connectivity index (χ4n) is 2.29. The molecule has 0 radical (unpaired) electrons. The molecule has 0 atom stereocenters. The van der Waals surface area contributed by atoms with Crippen molar-refractivity contribution in [3.8, 4) is 0 Å². The van der Waals surface area contributed by atoms with Crippen LogP contribution in [0.15, 0.2) is 36.5 Å². The molecule has 0 saturated carbocycles. The topological polar surface area (TPSA) is 80.9 Å². The number of fused-ring (bicyclic) bond motifs is 1. The molecule has 0 aliphatic carbocycles. The highest BCUT2D eigenvalue weighted by atomic mass is 16.4. The van der Waals surface area contributed by atoms with Crippen LogP contribution in [0.25, 0.3) is 11.0 Å². The van der Waals surface area contributed by atoms with Crippen LogP contribution in [0.3, 0.4) is 0 Å². The first-order valence-corrected chi connectivity index (χ1v) is 6.68. The normalized spacial score (nSPS) is 10.9. The lowest BCUT2D eigenvalue weighted by atomic mass is 10.1. The summed E-state index contributed by atoms with van der Waals surface area (Å²) in [7, 11) is 0. The Labute approximate surface area is 121 Å². The fraction of sp³-hybridized carbons (Fsp3) is 0.200. The first-order chi connectivity index (χ1) is 10.2. The van der Waals surface area contributed by atoms with Gasteiger partial charge in [-0.05, 0) is 36.2 Å². The van der Waals surface area contributed by atoms with Gasteiger partial charge >= 0.3 is 5.97 Å². The van der Waals surface area contributed by atoms with Crippen molar-refractivity contribution in [3.05, 3.63) is 53.3 Å². The smallest absolute Gasteiger partial charge is 0.335 e. The molecular formula is C15H14N4O2. The van der Waals surface area contributed by atoms with Gasteiger partial charge in [0.05, 0.1) is 23.3 Å². The Kier molecular flexibility index (Phi) is 3.35. The van der Waals surface area contributed by atoms with Crippen molar-refractivity contribution in [1.82, 2.24) is 20.0 Å². The fourth-order valence-corrected chi connectivity index (χ4v) is 2.29. The van der Waals surface area contributed by atoms with Crippen molar-refractivity contribution < 1.29 is 9.90 Å². The average molecular weight is 282 g/mol. The van der Waals surface area contributed by atoms with Crippen LogP contribution in [0.2, 0.25) is 0 Å². The summed E-state index contributed by atoms with van der Waals surface area (Å²) in [6.07, 6.45) is 2.63. The Balaban J connectivity index is 2.04. The molecule has 6 nitrogen and oxygen atoms in total. The third-order valence-corrected chi connectivity index (χ3v) is 3.43. The van der Waals surface area contributed by atoms with Gasteiger partial charge in [-0.2, -0.15) is 0 Å². The van der Waals surface area contributed by atoms with E-state index in [2.05, 4.69) is 22.2 Å². The second kappa shape index (κ2) is 5.32. The Morgan fingerprint density at radius 1 is 1.33 bits per heavy atom. The van der Waals surface area contributed by atoms with Gasteiger partial charge in [-0.15, -0.1) is 5.10 Å². The first-order valence-electron chi connectivity index (χ1n) is 6.68. The van der Waals surface area contributed by atoms with Crippen molar-refractivity contribution in [2.75, 3.05) is 0 Å². The van der Waals surface area contributed by atoms with E-state index < -0.39 is 5.97 Å². The van der Waals surface area contributed by atoms with Gasteiger partial charge in [-0.3, -0.25) is 4.98 Å². The van der Waals surface area contributed by atoms with E-state index in [1.807, 2.05) is 12.1 Å². The van der Waals surface area contributed by atoms with E-state index in [9.17, 15) is 4.79 Å². The Morgan fingerprint density at radius 2 is 2.19 bits per heavy atom. The van der Waals surface area contributed by atoms with E-state index >= 15 is 0 Å². The van der Waals surface area contributed by atoms with Crippen LogP contribution in [0, 0.1) is 0 Å². The molecule has 2 aromatic heterocycles. The highest BCUT2D eigenvalue weighted by Crippen LogP contribution is 2.16. The predicted octanol–water partition coefficient (Wildman–Crippen LogP) is 2.14. The van der Waals surface area contributed by atoms with Gasteiger partial charge in [0.1, 0.15) is 5.52 Å². The van der Waals surface area contributed by atoms with E-state index in [0.29, 0.717) is 17.6 Å². The monoisotopic (exact) mass is 282 g/mol. The van der Waals surface area contributed by atoms with Crippen LogP contribution in [0.5, 0.6) is 0 Å². The molecule has 6 heteroatoms. The van der Waals surface area contributed by atoms with Crippen molar-refractivity contribution in [2.45, 2.75) is 19.9 Å². The number of carbonyl (C=O) groups is 1. The summed E-state index contributed by atoms with van der Waals surface area (Å²) in [6.45, 7) is 2.55. The number of aryl methyl sites for hydroxylation is 1. The summed E-state index contributed by atoms with van der Waals surface area (Å²) < 4.78 is 1.68. The molecule has 0 bridgehead atoms. The highest BCUT2D eigenvalue weighted by Gasteiger charge is 2.11. The van der Waals surface area contributed by atoms with Crippen molar-refractivity contribution in [1.29, 1.82) is 0 Å². The van der Waals surface area contributed by atoms with E-state index in [1.54, 1.807) is 23.0 Å². The summed E-state index contributed by atoms with van der Waals surface area (Å²) in [4.78, 5) is 15.5. The Hall–Kier alpha value is -2.76. The summed E-state index contributed by atoms with van der Waals surface area (Å²) in [5, 5.41) is 17.2. The molecule has 0 fully saturated rings. The van der Waals surface area contributed by atoms with Crippen molar-refractivity contribution in [3.63, 3.8) is 0 Å². The minimum atomic E-state index is -0.961. The minimum absolute atomic E-state index is 0.225. The maximum atomic E-state index is 11.1. The standard InChI is InChI=1S/C15H14N4O2/c1-2-10-4-3-7-16-13(10)9-19-14-8-11(15(20)21)5-6-12(14)17-18-19/h3-8H,2,9H2,1H3,(H,20,21). The lowest BCUT2D eigenvalue weighted by molar-refractivity contribution is 0.0697. The molecule has 0 unspecified atom stereocenters. The van der Waals surface area contributed by atoms with Crippen LogP contribution >= 0.6 is 0 Å². The molecule has 0 amide bonds. The van der Waals surface area contributed by atoms with Gasteiger partial charge in [0.25, 0.3) is 0 Å². The minimum Gasteiger partial charge on any atom is -0.478 e. The lowest BCUT2D eigenvalue weighted by Crippen LogP contribution is -2.07. The number of carboxylic acids is 1. The molecule has 1 aromatic carbocycles. The van der Waals surface area contributed by atoms with Gasteiger partial charge in [-0.25, -0.2) is 9.48 Å². The maximum Gasteiger partial charge on any atom is 0.335 e. The van der Waals surface area contributed by atoms with Crippen LogP contribution < -0.4 is 0 Å². The molecule has 2 heterocycles. The molecule has 106 valence electrons. The number of pyridine rings is 1. The average Bonchev–Trinajstić information content (AvgIpc) is 2.90. The number of benzene rings is 1. The van der Waals surface area contributed by atoms with E-state index in [-0.39, 0.29) is 5.56 Å². The number of hydrogen-bond acceptors (Lipinski definition) is 4. The van der Waals surface area contributed by atoms with E-state index in [4.69, 9.17) is 5.11 Å².